The average molecular weight is 206 g/mol. The van der Waals surface area contributed by atoms with Crippen LogP contribution in [0.4, 0.5) is 0 Å². The van der Waals surface area contributed by atoms with E-state index in [1.54, 1.807) is 12.4 Å². The quantitative estimate of drug-likeness (QED) is 0.671. The number of rotatable bonds is 6. The molecule has 0 fully saturated rings. The lowest BCUT2D eigenvalue weighted by atomic mass is 10.1. The molecule has 0 saturated heterocycles. The molecule has 0 spiro atoms. The Bertz CT molecular complexity index is 306. The highest BCUT2D eigenvalue weighted by Crippen LogP contribution is 2.03. The summed E-state index contributed by atoms with van der Waals surface area (Å²) < 4.78 is 0. The summed E-state index contributed by atoms with van der Waals surface area (Å²) in [6.45, 7) is 4.02. The van der Waals surface area contributed by atoms with Crippen LogP contribution in [-0.2, 0) is 11.2 Å². The highest BCUT2D eigenvalue weighted by molar-refractivity contribution is 5.80. The van der Waals surface area contributed by atoms with E-state index in [-0.39, 0.29) is 5.78 Å². The molecular weight excluding hydrogens is 188 g/mol. The zero-order chi connectivity index (χ0) is 11.1. The second-order valence-corrected chi connectivity index (χ2v) is 3.82. The highest BCUT2D eigenvalue weighted by Gasteiger charge is 2.04. The van der Waals surface area contributed by atoms with Crippen molar-refractivity contribution in [3.63, 3.8) is 0 Å². The van der Waals surface area contributed by atoms with Gasteiger partial charge in [-0.3, -0.25) is 14.8 Å². The molecule has 1 rings (SSSR count). The normalized spacial score (nSPS) is 10.3. The standard InChI is InChI=1S/C12H18N2O/c1-3-4-5-6-12(15)7-11-9-13-10(2)8-14-11/h8-9H,3-7H2,1-2H3. The minimum absolute atomic E-state index is 0.265. The van der Waals surface area contributed by atoms with Crippen LogP contribution >= 0.6 is 0 Å². The molecule has 0 unspecified atom stereocenters. The third-order valence-electron chi connectivity index (χ3n) is 2.27. The van der Waals surface area contributed by atoms with Crippen molar-refractivity contribution in [1.29, 1.82) is 0 Å². The minimum atomic E-state index is 0.265. The van der Waals surface area contributed by atoms with Gasteiger partial charge in [0.25, 0.3) is 0 Å². The van der Waals surface area contributed by atoms with Gasteiger partial charge < -0.3 is 0 Å². The van der Waals surface area contributed by atoms with Gasteiger partial charge in [0.15, 0.2) is 0 Å². The van der Waals surface area contributed by atoms with Crippen LogP contribution in [0.1, 0.15) is 44.0 Å². The SMILES string of the molecule is CCCCCC(=O)Cc1cnc(C)cn1. The maximum Gasteiger partial charge on any atom is 0.138 e. The predicted octanol–water partition coefficient (Wildman–Crippen LogP) is 2.48. The van der Waals surface area contributed by atoms with Gasteiger partial charge in [-0.2, -0.15) is 0 Å². The van der Waals surface area contributed by atoms with Gasteiger partial charge in [-0.15, -0.1) is 0 Å². The van der Waals surface area contributed by atoms with Crippen LogP contribution in [0.15, 0.2) is 12.4 Å². The number of unbranched alkanes of at least 4 members (excludes halogenated alkanes) is 2. The number of carbonyl (C=O) groups excluding carboxylic acids is 1. The molecule has 0 aliphatic heterocycles. The van der Waals surface area contributed by atoms with Gasteiger partial charge in [-0.05, 0) is 13.3 Å². The summed E-state index contributed by atoms with van der Waals surface area (Å²) in [5, 5.41) is 0. The first-order valence-corrected chi connectivity index (χ1v) is 5.51. The van der Waals surface area contributed by atoms with Crippen LogP contribution in [-0.4, -0.2) is 15.8 Å². The molecule has 0 aliphatic carbocycles. The van der Waals surface area contributed by atoms with Gasteiger partial charge >= 0.3 is 0 Å². The molecular formula is C12H18N2O. The Hall–Kier alpha value is -1.25. The number of ketones is 1. The van der Waals surface area contributed by atoms with Gasteiger partial charge in [0, 0.05) is 18.8 Å². The second kappa shape index (κ2) is 6.27. The number of hydrogen-bond donors (Lipinski definition) is 0. The molecule has 0 amide bonds. The molecule has 0 N–H and O–H groups in total. The van der Waals surface area contributed by atoms with E-state index in [0.717, 1.165) is 30.7 Å². The van der Waals surface area contributed by atoms with Crippen LogP contribution in [0.2, 0.25) is 0 Å². The van der Waals surface area contributed by atoms with Crippen molar-refractivity contribution < 1.29 is 4.79 Å². The Balaban J connectivity index is 2.34. The van der Waals surface area contributed by atoms with E-state index in [2.05, 4.69) is 16.9 Å². The van der Waals surface area contributed by atoms with Gasteiger partial charge in [-0.1, -0.05) is 19.8 Å². The first-order valence-electron chi connectivity index (χ1n) is 5.51. The van der Waals surface area contributed by atoms with Crippen LogP contribution in [0.5, 0.6) is 0 Å². The van der Waals surface area contributed by atoms with Crippen LogP contribution < -0.4 is 0 Å². The first kappa shape index (κ1) is 11.8. The second-order valence-electron chi connectivity index (χ2n) is 3.82. The number of nitrogens with zero attached hydrogens (tertiary/aromatic N) is 2. The van der Waals surface area contributed by atoms with Gasteiger partial charge in [0.1, 0.15) is 5.78 Å². The molecule has 0 aliphatic rings. The maximum absolute atomic E-state index is 11.5. The lowest BCUT2D eigenvalue weighted by Crippen LogP contribution is -2.04. The lowest BCUT2D eigenvalue weighted by Gasteiger charge is -2.00. The third-order valence-corrected chi connectivity index (χ3v) is 2.27. The summed E-state index contributed by atoms with van der Waals surface area (Å²) >= 11 is 0. The Kier molecular flexibility index (Phi) is 4.95. The van der Waals surface area contributed by atoms with E-state index < -0.39 is 0 Å². The van der Waals surface area contributed by atoms with Gasteiger partial charge in [0.05, 0.1) is 17.8 Å². The van der Waals surface area contributed by atoms with Crippen molar-refractivity contribution in [2.45, 2.75) is 46.0 Å². The number of aromatic nitrogens is 2. The van der Waals surface area contributed by atoms with E-state index in [1.165, 1.54) is 0 Å². The van der Waals surface area contributed by atoms with Crippen LogP contribution in [0, 0.1) is 6.92 Å². The predicted molar refractivity (Wildman–Crippen MR) is 59.6 cm³/mol. The zero-order valence-corrected chi connectivity index (χ0v) is 9.49. The maximum atomic E-state index is 11.5. The smallest absolute Gasteiger partial charge is 0.138 e. The van der Waals surface area contributed by atoms with E-state index in [0.29, 0.717) is 12.8 Å². The van der Waals surface area contributed by atoms with Gasteiger partial charge in [-0.25, -0.2) is 0 Å². The van der Waals surface area contributed by atoms with Gasteiger partial charge in [0.2, 0.25) is 0 Å². The first-order chi connectivity index (χ1) is 7.22. The van der Waals surface area contributed by atoms with Crippen LogP contribution in [0.25, 0.3) is 0 Å². The van der Waals surface area contributed by atoms with E-state index in [1.807, 2.05) is 6.92 Å². The summed E-state index contributed by atoms with van der Waals surface area (Å²) in [5.74, 6) is 0.265. The minimum Gasteiger partial charge on any atom is -0.299 e. The fourth-order valence-electron chi connectivity index (χ4n) is 1.37. The van der Waals surface area contributed by atoms with Crippen molar-refractivity contribution in [2.75, 3.05) is 0 Å². The molecule has 0 bridgehead atoms. The fourth-order valence-corrected chi connectivity index (χ4v) is 1.37. The summed E-state index contributed by atoms with van der Waals surface area (Å²) in [7, 11) is 0. The molecule has 3 nitrogen and oxygen atoms in total. The average Bonchev–Trinajstić information content (AvgIpc) is 2.22. The van der Waals surface area contributed by atoms with E-state index in [4.69, 9.17) is 0 Å². The number of aryl methyl sites for hydroxylation is 1. The summed E-state index contributed by atoms with van der Waals surface area (Å²) in [6.07, 6.45) is 7.76. The largest absolute Gasteiger partial charge is 0.299 e. The molecule has 1 aromatic rings. The number of Topliss-reactive ketones (excluding diaryl/α,β-unsaturated/α-hetero) is 1. The van der Waals surface area contributed by atoms with E-state index in [9.17, 15) is 4.79 Å². The topological polar surface area (TPSA) is 42.9 Å². The molecule has 0 aromatic carbocycles. The highest BCUT2D eigenvalue weighted by atomic mass is 16.1. The Morgan fingerprint density at radius 3 is 2.67 bits per heavy atom. The van der Waals surface area contributed by atoms with Crippen molar-refractivity contribution in [2.24, 2.45) is 0 Å². The molecule has 1 aromatic heterocycles. The van der Waals surface area contributed by atoms with Crippen LogP contribution in [0.3, 0.4) is 0 Å². The van der Waals surface area contributed by atoms with Crippen molar-refractivity contribution in [3.05, 3.63) is 23.8 Å². The number of carbonyl (C=O) groups is 1. The molecule has 0 saturated carbocycles. The number of hydrogen-bond acceptors (Lipinski definition) is 3. The van der Waals surface area contributed by atoms with Crippen molar-refractivity contribution in [3.8, 4) is 0 Å². The summed E-state index contributed by atoms with van der Waals surface area (Å²) in [4.78, 5) is 19.8. The Morgan fingerprint density at radius 1 is 1.27 bits per heavy atom. The zero-order valence-electron chi connectivity index (χ0n) is 9.49. The van der Waals surface area contributed by atoms with Crippen molar-refractivity contribution >= 4 is 5.78 Å². The van der Waals surface area contributed by atoms with Crippen molar-refractivity contribution in [1.82, 2.24) is 9.97 Å². The third kappa shape index (κ3) is 4.68. The Morgan fingerprint density at radius 2 is 2.07 bits per heavy atom. The Labute approximate surface area is 91.0 Å². The lowest BCUT2D eigenvalue weighted by molar-refractivity contribution is -0.118. The molecule has 15 heavy (non-hydrogen) atoms. The molecule has 3 heteroatoms. The summed E-state index contributed by atoms with van der Waals surface area (Å²) in [6, 6.07) is 0. The van der Waals surface area contributed by atoms with E-state index >= 15 is 0 Å². The molecule has 0 radical (unpaired) electrons. The molecule has 1 heterocycles. The fraction of sp³-hybridized carbons (Fsp3) is 0.583. The molecule has 82 valence electrons. The summed E-state index contributed by atoms with van der Waals surface area (Å²) in [5.41, 5.74) is 1.67. The monoisotopic (exact) mass is 206 g/mol. The molecule has 0 atom stereocenters.